The summed E-state index contributed by atoms with van der Waals surface area (Å²) >= 11 is 0. The van der Waals surface area contributed by atoms with Crippen LogP contribution in [0.25, 0.3) is 5.32 Å². The van der Waals surface area contributed by atoms with Gasteiger partial charge in [0.15, 0.2) is 0 Å². The number of hydrogen-bond donors (Lipinski definition) is 0. The van der Waals surface area contributed by atoms with Crippen LogP contribution in [-0.4, -0.2) is 6.54 Å². The van der Waals surface area contributed by atoms with Gasteiger partial charge in [0.2, 0.25) is 0 Å². The second-order valence-electron chi connectivity index (χ2n) is 4.85. The molecule has 10 radical (unpaired) electrons. The first-order valence-electron chi connectivity index (χ1n) is 7.64. The van der Waals surface area contributed by atoms with E-state index in [-0.39, 0.29) is 21.7 Å². The Morgan fingerprint density at radius 2 is 1.17 bits per heavy atom. The van der Waals surface area contributed by atoms with Gasteiger partial charge in [-0.25, -0.2) is 5.70 Å². The molecule has 4 rings (SSSR count). The van der Waals surface area contributed by atoms with Crippen molar-refractivity contribution in [2.45, 2.75) is 12.8 Å². The zero-order valence-electron chi connectivity index (χ0n) is 13.2. The molecular formula is C21H21NTi. The van der Waals surface area contributed by atoms with Crippen molar-refractivity contribution in [1.29, 1.82) is 0 Å². The molecule has 2 heteroatoms. The minimum Gasteiger partial charge on any atom is -0.699 e. The van der Waals surface area contributed by atoms with Crippen LogP contribution in [0.3, 0.4) is 0 Å². The molecule has 1 aliphatic heterocycles. The summed E-state index contributed by atoms with van der Waals surface area (Å²) in [7, 11) is 0. The fourth-order valence-electron chi connectivity index (χ4n) is 1.97. The standard InChI is InChI=1S/C11H11N.2C5H5.Ti/c1-2-5-10(6-3-1)9-11-7-4-8-12-11;2*1-2-4-5-3-1;/h1-3,5-6H,4,7-8H2;2*1-5H;/q-2;;;+2. The van der Waals surface area contributed by atoms with Crippen LogP contribution in [-0.2, 0) is 21.7 Å². The summed E-state index contributed by atoms with van der Waals surface area (Å²) in [6, 6.07) is 10.2. The van der Waals surface area contributed by atoms with Crippen molar-refractivity contribution in [2.75, 3.05) is 6.54 Å². The molecule has 2 aliphatic carbocycles. The van der Waals surface area contributed by atoms with Gasteiger partial charge in [-0.15, -0.1) is 18.7 Å². The van der Waals surface area contributed by atoms with Gasteiger partial charge in [0.05, 0.1) is 0 Å². The molecule has 3 aliphatic rings. The third kappa shape index (κ3) is 10.0. The van der Waals surface area contributed by atoms with E-state index in [4.69, 9.17) is 0 Å². The van der Waals surface area contributed by atoms with Crippen molar-refractivity contribution in [3.8, 4) is 0 Å². The van der Waals surface area contributed by atoms with E-state index in [1.54, 1.807) is 0 Å². The molecule has 3 fully saturated rings. The first kappa shape index (κ1) is 20.5. The van der Waals surface area contributed by atoms with Crippen molar-refractivity contribution in [3.63, 3.8) is 0 Å². The number of rotatable bonds is 1. The van der Waals surface area contributed by atoms with E-state index < -0.39 is 0 Å². The van der Waals surface area contributed by atoms with Gasteiger partial charge in [0, 0.05) is 0 Å². The molecular weight excluding hydrogens is 314 g/mol. The van der Waals surface area contributed by atoms with Crippen molar-refractivity contribution in [2.24, 2.45) is 0 Å². The SMILES string of the molecule is [C-](=C1CCC[N-]1)c1ccccc1.[CH]1[CH][CH][CH][CH]1.[CH]1[CH][CH][CH][CH]1.[Ti+2]. The molecule has 1 heterocycles. The van der Waals surface area contributed by atoms with Crippen LogP contribution in [0.1, 0.15) is 18.4 Å². The summed E-state index contributed by atoms with van der Waals surface area (Å²) in [5, 5.41) is 4.34. The van der Waals surface area contributed by atoms with Crippen LogP contribution in [0, 0.1) is 70.3 Å². The van der Waals surface area contributed by atoms with Crippen LogP contribution in [0.5, 0.6) is 0 Å². The second kappa shape index (κ2) is 13.9. The van der Waals surface area contributed by atoms with Crippen molar-refractivity contribution >= 4 is 0 Å². The second-order valence-corrected chi connectivity index (χ2v) is 4.85. The molecule has 1 aromatic carbocycles. The fourth-order valence-corrected chi connectivity index (χ4v) is 1.97. The van der Waals surface area contributed by atoms with Crippen LogP contribution < -0.4 is 0 Å². The van der Waals surface area contributed by atoms with E-state index in [1.807, 2.05) is 82.4 Å². The monoisotopic (exact) mass is 335 g/mol. The Morgan fingerprint density at radius 1 is 0.696 bits per heavy atom. The average molecular weight is 335 g/mol. The number of nitrogens with zero attached hydrogens (tertiary/aromatic N) is 1. The summed E-state index contributed by atoms with van der Waals surface area (Å²) in [5.74, 6) is 0. The molecule has 0 atom stereocenters. The van der Waals surface area contributed by atoms with E-state index in [0.29, 0.717) is 0 Å². The van der Waals surface area contributed by atoms with E-state index in [1.165, 1.54) is 6.42 Å². The van der Waals surface area contributed by atoms with Gasteiger partial charge in [-0.3, -0.25) is 0 Å². The molecule has 0 bridgehead atoms. The van der Waals surface area contributed by atoms with Gasteiger partial charge >= 0.3 is 21.7 Å². The topological polar surface area (TPSA) is 14.1 Å². The number of hydrogen-bond acceptors (Lipinski definition) is 0. The molecule has 1 aromatic rings. The van der Waals surface area contributed by atoms with Crippen LogP contribution >= 0.6 is 0 Å². The predicted octanol–water partition coefficient (Wildman–Crippen LogP) is 4.93. The van der Waals surface area contributed by atoms with Crippen LogP contribution in [0.2, 0.25) is 0 Å². The van der Waals surface area contributed by atoms with Gasteiger partial charge in [0.1, 0.15) is 0 Å². The summed E-state index contributed by atoms with van der Waals surface area (Å²) in [4.78, 5) is 0. The Balaban J connectivity index is 0.000000200. The van der Waals surface area contributed by atoms with Gasteiger partial charge in [-0.1, -0.05) is 18.9 Å². The minimum absolute atomic E-state index is 0. The van der Waals surface area contributed by atoms with E-state index in [9.17, 15) is 0 Å². The fraction of sp³-hybridized carbons (Fsp3) is 0.143. The van der Waals surface area contributed by atoms with Gasteiger partial charge in [0.25, 0.3) is 0 Å². The molecule has 23 heavy (non-hydrogen) atoms. The van der Waals surface area contributed by atoms with E-state index in [0.717, 1.165) is 24.2 Å². The first-order valence-corrected chi connectivity index (χ1v) is 7.64. The predicted molar refractivity (Wildman–Crippen MR) is 92.8 cm³/mol. The third-order valence-electron chi connectivity index (χ3n) is 3.05. The molecule has 114 valence electrons. The van der Waals surface area contributed by atoms with Crippen molar-refractivity contribution < 1.29 is 21.7 Å². The number of allylic oxidation sites excluding steroid dienone is 1. The molecule has 0 N–H and O–H groups in total. The van der Waals surface area contributed by atoms with Crippen molar-refractivity contribution in [3.05, 3.63) is 117 Å². The minimum atomic E-state index is 0. The van der Waals surface area contributed by atoms with Crippen molar-refractivity contribution in [1.82, 2.24) is 0 Å². The summed E-state index contributed by atoms with van der Waals surface area (Å²) in [6.45, 7) is 0.981. The summed E-state index contributed by atoms with van der Waals surface area (Å²) < 4.78 is 0. The molecule has 0 unspecified atom stereocenters. The van der Waals surface area contributed by atoms with E-state index in [2.05, 4.69) is 23.5 Å². The normalized spacial score (nSPS) is 20.6. The third-order valence-corrected chi connectivity index (χ3v) is 3.05. The zero-order chi connectivity index (χ0) is 15.3. The van der Waals surface area contributed by atoms with Gasteiger partial charge < -0.3 is 5.32 Å². The quantitative estimate of drug-likeness (QED) is 0.510. The molecule has 0 spiro atoms. The maximum atomic E-state index is 4.34. The summed E-state index contributed by atoms with van der Waals surface area (Å²) in [5.41, 5.74) is 2.26. The molecule has 0 aromatic heterocycles. The Labute approximate surface area is 158 Å². The molecule has 1 saturated heterocycles. The zero-order valence-corrected chi connectivity index (χ0v) is 14.8. The van der Waals surface area contributed by atoms with E-state index >= 15 is 0 Å². The largest absolute Gasteiger partial charge is 2.00 e. The molecule has 0 amide bonds. The molecule has 1 nitrogen and oxygen atoms in total. The average Bonchev–Trinajstić information content (AvgIpc) is 3.33. The van der Waals surface area contributed by atoms with Crippen LogP contribution in [0.15, 0.2) is 36.0 Å². The smallest absolute Gasteiger partial charge is 0.699 e. The Kier molecular flexibility index (Phi) is 12.4. The van der Waals surface area contributed by atoms with Gasteiger partial charge in [-0.2, -0.15) is 23.8 Å². The van der Waals surface area contributed by atoms with Crippen LogP contribution in [0.4, 0.5) is 0 Å². The maximum Gasteiger partial charge on any atom is 2.00 e. The molecule has 2 saturated carbocycles. The maximum absolute atomic E-state index is 4.34. The Hall–Kier alpha value is -0.526. The first-order chi connectivity index (χ1) is 10.9. The van der Waals surface area contributed by atoms with Gasteiger partial charge in [-0.05, 0) is 64.2 Å². The Morgan fingerprint density at radius 3 is 1.57 bits per heavy atom. The number of benzene rings is 1. The summed E-state index contributed by atoms with van der Waals surface area (Å²) in [6.07, 6.45) is 25.6. The Bertz CT molecular complexity index is 372.